The van der Waals surface area contributed by atoms with E-state index in [1.165, 1.54) is 0 Å². The Bertz CT molecular complexity index is 393. The second kappa shape index (κ2) is 6.70. The Kier molecular flexibility index (Phi) is 6.48. The molecule has 0 unspecified atom stereocenters. The predicted octanol–water partition coefficient (Wildman–Crippen LogP) is 1.93. The molecule has 1 N–H and O–H groups in total. The van der Waals surface area contributed by atoms with Gasteiger partial charge in [-0.15, -0.1) is 0 Å². The van der Waals surface area contributed by atoms with Gasteiger partial charge in [-0.05, 0) is 32.6 Å². The minimum atomic E-state index is -3.48. The molecule has 6 heteroatoms. The molecule has 0 saturated heterocycles. The van der Waals surface area contributed by atoms with Crippen LogP contribution in [0.3, 0.4) is 0 Å². The van der Waals surface area contributed by atoms with Crippen molar-refractivity contribution >= 4 is 16.0 Å². The lowest BCUT2D eigenvalue weighted by atomic mass is 10.1. The topological polar surface area (TPSA) is 72.5 Å². The molecule has 0 radical (unpaired) electrons. The van der Waals surface area contributed by atoms with Crippen molar-refractivity contribution in [2.75, 3.05) is 5.75 Å². The van der Waals surface area contributed by atoms with Crippen molar-refractivity contribution in [1.29, 1.82) is 0 Å². The van der Waals surface area contributed by atoms with Gasteiger partial charge in [-0.3, -0.25) is 4.79 Å². The summed E-state index contributed by atoms with van der Waals surface area (Å²) in [5.41, 5.74) is -0.631. The minimum absolute atomic E-state index is 0.000974. The number of carbonyl (C=O) groups excluding carboxylic acids is 1. The van der Waals surface area contributed by atoms with Crippen molar-refractivity contribution in [3.05, 3.63) is 0 Å². The number of hydrogen-bond donors (Lipinski definition) is 1. The van der Waals surface area contributed by atoms with Crippen LogP contribution in [0.15, 0.2) is 0 Å². The highest BCUT2D eigenvalue weighted by atomic mass is 32.2. The lowest BCUT2D eigenvalue weighted by Gasteiger charge is -2.26. The van der Waals surface area contributed by atoms with Crippen LogP contribution < -0.4 is 4.72 Å². The van der Waals surface area contributed by atoms with E-state index in [4.69, 9.17) is 4.74 Å². The largest absolute Gasteiger partial charge is 0.459 e. The monoisotopic (exact) mass is 293 g/mol. The fourth-order valence-electron chi connectivity index (χ4n) is 1.50. The van der Waals surface area contributed by atoms with E-state index in [0.29, 0.717) is 0 Å². The molecule has 114 valence electrons. The molecular formula is C13H27NO4S. The third-order valence-electron chi connectivity index (χ3n) is 2.19. The summed E-state index contributed by atoms with van der Waals surface area (Å²) < 4.78 is 31.5. The van der Waals surface area contributed by atoms with Gasteiger partial charge < -0.3 is 4.74 Å². The smallest absolute Gasteiger partial charge is 0.324 e. The summed E-state index contributed by atoms with van der Waals surface area (Å²) >= 11 is 0. The first-order valence-corrected chi connectivity index (χ1v) is 8.22. The Balaban J connectivity index is 4.90. The van der Waals surface area contributed by atoms with Crippen molar-refractivity contribution in [1.82, 2.24) is 4.72 Å². The van der Waals surface area contributed by atoms with Gasteiger partial charge >= 0.3 is 5.97 Å². The fourth-order valence-corrected chi connectivity index (χ4v) is 3.23. The highest BCUT2D eigenvalue weighted by molar-refractivity contribution is 7.89. The number of carbonyl (C=O) groups is 1. The van der Waals surface area contributed by atoms with Gasteiger partial charge in [0.1, 0.15) is 11.6 Å². The zero-order chi connectivity index (χ0) is 15.4. The maximum atomic E-state index is 12.0. The van der Waals surface area contributed by atoms with Gasteiger partial charge in [0.25, 0.3) is 0 Å². The molecule has 0 rings (SSSR count). The zero-order valence-corrected chi connectivity index (χ0v) is 13.8. The van der Waals surface area contributed by atoms with Crippen molar-refractivity contribution in [2.45, 2.75) is 60.1 Å². The average Bonchev–Trinajstić information content (AvgIpc) is 2.08. The summed E-state index contributed by atoms with van der Waals surface area (Å²) in [5, 5.41) is 0. The molecule has 0 fully saturated rings. The molecule has 0 spiro atoms. The maximum Gasteiger partial charge on any atom is 0.324 e. The van der Waals surface area contributed by atoms with Gasteiger partial charge in [0.05, 0.1) is 5.75 Å². The molecule has 5 nitrogen and oxygen atoms in total. The van der Waals surface area contributed by atoms with Gasteiger partial charge in [-0.2, -0.15) is 0 Å². The number of ether oxygens (including phenoxy) is 1. The molecule has 0 heterocycles. The maximum absolute atomic E-state index is 12.0. The first-order chi connectivity index (χ1) is 8.34. The van der Waals surface area contributed by atoms with Crippen molar-refractivity contribution in [3.8, 4) is 0 Å². The minimum Gasteiger partial charge on any atom is -0.459 e. The van der Waals surface area contributed by atoms with Crippen LogP contribution in [-0.4, -0.2) is 31.8 Å². The van der Waals surface area contributed by atoms with Gasteiger partial charge in [-0.25, -0.2) is 13.1 Å². The highest BCUT2D eigenvalue weighted by Crippen LogP contribution is 2.13. The van der Waals surface area contributed by atoms with E-state index in [2.05, 4.69) is 4.72 Å². The van der Waals surface area contributed by atoms with Crippen LogP contribution in [0.1, 0.15) is 48.5 Å². The van der Waals surface area contributed by atoms with E-state index in [-0.39, 0.29) is 17.6 Å². The quantitative estimate of drug-likeness (QED) is 0.759. The second-order valence-electron chi connectivity index (χ2n) is 6.55. The molecule has 0 amide bonds. The Hall–Kier alpha value is -0.620. The van der Waals surface area contributed by atoms with E-state index in [1.54, 1.807) is 34.6 Å². The molecule has 0 aliphatic carbocycles. The standard InChI is InChI=1S/C13H27NO4S/c1-9(2)8-19(16,17)14-11(10(3)4)12(15)18-13(5,6)7/h9-11,14H,8H2,1-7H3/t11-/m0/s1. The van der Waals surface area contributed by atoms with Crippen LogP contribution in [0, 0.1) is 11.8 Å². The number of esters is 1. The van der Waals surface area contributed by atoms with E-state index in [9.17, 15) is 13.2 Å². The number of sulfonamides is 1. The molecular weight excluding hydrogens is 266 g/mol. The third-order valence-corrected chi connectivity index (χ3v) is 3.91. The van der Waals surface area contributed by atoms with Crippen molar-refractivity contribution in [2.24, 2.45) is 11.8 Å². The van der Waals surface area contributed by atoms with Crippen LogP contribution in [0.4, 0.5) is 0 Å². The van der Waals surface area contributed by atoms with Crippen LogP contribution in [-0.2, 0) is 19.6 Å². The lowest BCUT2D eigenvalue weighted by Crippen LogP contribution is -2.48. The Morgan fingerprint density at radius 2 is 1.63 bits per heavy atom. The van der Waals surface area contributed by atoms with E-state index in [1.807, 2.05) is 13.8 Å². The molecule has 0 aromatic rings. The van der Waals surface area contributed by atoms with E-state index >= 15 is 0 Å². The van der Waals surface area contributed by atoms with Crippen molar-refractivity contribution < 1.29 is 17.9 Å². The second-order valence-corrected chi connectivity index (χ2v) is 8.35. The highest BCUT2D eigenvalue weighted by Gasteiger charge is 2.31. The average molecular weight is 293 g/mol. The van der Waals surface area contributed by atoms with E-state index in [0.717, 1.165) is 0 Å². The van der Waals surface area contributed by atoms with Gasteiger partial charge in [0.2, 0.25) is 10.0 Å². The molecule has 0 bridgehead atoms. The Morgan fingerprint density at radius 3 is 1.95 bits per heavy atom. The summed E-state index contributed by atoms with van der Waals surface area (Å²) in [6, 6.07) is -0.844. The summed E-state index contributed by atoms with van der Waals surface area (Å²) in [4.78, 5) is 12.0. The normalized spacial score (nSPS) is 14.8. The predicted molar refractivity (Wildman–Crippen MR) is 76.2 cm³/mol. The van der Waals surface area contributed by atoms with Crippen LogP contribution in [0.25, 0.3) is 0 Å². The molecule has 0 aliphatic rings. The van der Waals surface area contributed by atoms with Crippen LogP contribution >= 0.6 is 0 Å². The first-order valence-electron chi connectivity index (χ1n) is 6.57. The van der Waals surface area contributed by atoms with E-state index < -0.39 is 27.6 Å². The molecule has 0 aliphatic heterocycles. The Labute approximate surface area is 117 Å². The summed E-state index contributed by atoms with van der Waals surface area (Å²) in [6.07, 6.45) is 0. The van der Waals surface area contributed by atoms with Crippen LogP contribution in [0.2, 0.25) is 0 Å². The summed E-state index contributed by atoms with van der Waals surface area (Å²) in [7, 11) is -3.48. The summed E-state index contributed by atoms with van der Waals surface area (Å²) in [5.74, 6) is -0.700. The molecule has 0 saturated carbocycles. The molecule has 0 aromatic carbocycles. The molecule has 1 atom stereocenters. The first kappa shape index (κ1) is 18.4. The number of rotatable bonds is 6. The molecule has 0 aromatic heterocycles. The fraction of sp³-hybridized carbons (Fsp3) is 0.923. The van der Waals surface area contributed by atoms with Crippen LogP contribution in [0.5, 0.6) is 0 Å². The van der Waals surface area contributed by atoms with Crippen molar-refractivity contribution in [3.63, 3.8) is 0 Å². The summed E-state index contributed by atoms with van der Waals surface area (Å²) in [6.45, 7) is 12.5. The third kappa shape index (κ3) is 8.21. The Morgan fingerprint density at radius 1 is 1.16 bits per heavy atom. The van der Waals surface area contributed by atoms with Gasteiger partial charge in [0, 0.05) is 0 Å². The number of nitrogens with one attached hydrogen (secondary N) is 1. The van der Waals surface area contributed by atoms with Gasteiger partial charge in [-0.1, -0.05) is 27.7 Å². The SMILES string of the molecule is CC(C)CS(=O)(=O)N[C@H](C(=O)OC(C)(C)C)C(C)C. The molecule has 19 heavy (non-hydrogen) atoms. The zero-order valence-electron chi connectivity index (χ0n) is 13.0. The van der Waals surface area contributed by atoms with Gasteiger partial charge in [0.15, 0.2) is 0 Å². The lowest BCUT2D eigenvalue weighted by molar-refractivity contribution is -0.158. The number of hydrogen-bond acceptors (Lipinski definition) is 4.